The van der Waals surface area contributed by atoms with Crippen molar-refractivity contribution < 1.29 is 19.1 Å². The van der Waals surface area contributed by atoms with E-state index in [2.05, 4.69) is 15.9 Å². The van der Waals surface area contributed by atoms with Gasteiger partial charge in [-0.05, 0) is 53.0 Å². The van der Waals surface area contributed by atoms with Crippen LogP contribution in [-0.4, -0.2) is 37.2 Å². The highest BCUT2D eigenvalue weighted by Crippen LogP contribution is 2.37. The topological polar surface area (TPSA) is 90.2 Å². The number of thiazole rings is 1. The Balaban J connectivity index is 1.86. The van der Waals surface area contributed by atoms with E-state index in [1.807, 2.05) is 43.3 Å². The normalized spacial score (nSPS) is 17.8. The highest BCUT2D eigenvalue weighted by Gasteiger charge is 2.37. The van der Waals surface area contributed by atoms with Crippen molar-refractivity contribution in [2.24, 2.45) is 4.99 Å². The molecule has 0 bridgehead atoms. The number of para-hydroxylation sites is 1. The second-order valence-corrected chi connectivity index (χ2v) is 10.7. The molecule has 1 unspecified atom stereocenters. The Bertz CT molecular complexity index is 1690. The van der Waals surface area contributed by atoms with E-state index < -0.39 is 12.0 Å². The van der Waals surface area contributed by atoms with Crippen molar-refractivity contribution in [3.8, 4) is 5.75 Å². The van der Waals surface area contributed by atoms with Gasteiger partial charge in [-0.15, -0.1) is 0 Å². The fraction of sp³-hybridized carbons (Fsp3) is 0.286. The molecule has 10 heteroatoms. The summed E-state index contributed by atoms with van der Waals surface area (Å²) >= 11 is 4.71. The van der Waals surface area contributed by atoms with Gasteiger partial charge in [0.05, 0.1) is 46.8 Å². The highest BCUT2D eigenvalue weighted by atomic mass is 79.9. The third-order valence-electron chi connectivity index (χ3n) is 6.64. The summed E-state index contributed by atoms with van der Waals surface area (Å²) in [7, 11) is 3.27. The van der Waals surface area contributed by atoms with Crippen molar-refractivity contribution in [1.29, 1.82) is 0 Å². The van der Waals surface area contributed by atoms with Crippen molar-refractivity contribution >= 4 is 50.4 Å². The summed E-state index contributed by atoms with van der Waals surface area (Å²) < 4.78 is 13.3. The van der Waals surface area contributed by atoms with Crippen LogP contribution in [0.25, 0.3) is 5.57 Å². The van der Waals surface area contributed by atoms with Crippen LogP contribution >= 0.6 is 27.3 Å². The number of esters is 1. The molecule has 196 valence electrons. The minimum atomic E-state index is -0.784. The van der Waals surface area contributed by atoms with Crippen LogP contribution < -0.4 is 24.5 Å². The highest BCUT2D eigenvalue weighted by molar-refractivity contribution is 9.10. The summed E-state index contributed by atoms with van der Waals surface area (Å²) in [5.74, 6) is -0.148. The smallest absolute Gasteiger partial charge is 0.338 e. The van der Waals surface area contributed by atoms with Crippen molar-refractivity contribution in [2.75, 3.05) is 25.7 Å². The Hall–Kier alpha value is -3.50. The maximum atomic E-state index is 14.2. The lowest BCUT2D eigenvalue weighted by Gasteiger charge is -2.26. The Morgan fingerprint density at radius 1 is 1.16 bits per heavy atom. The second kappa shape index (κ2) is 10.3. The summed E-state index contributed by atoms with van der Waals surface area (Å²) in [6.45, 7) is 3.94. The number of methoxy groups -OCH3 is 1. The Morgan fingerprint density at radius 2 is 1.92 bits per heavy atom. The molecule has 0 radical (unpaired) electrons. The summed E-state index contributed by atoms with van der Waals surface area (Å²) in [5, 5.41) is 0. The first-order valence-corrected chi connectivity index (χ1v) is 13.9. The zero-order valence-electron chi connectivity index (χ0n) is 21.4. The van der Waals surface area contributed by atoms with E-state index in [1.165, 1.54) is 15.9 Å². The van der Waals surface area contributed by atoms with E-state index in [4.69, 9.17) is 14.5 Å². The summed E-state index contributed by atoms with van der Waals surface area (Å²) in [5.41, 5.74) is 3.01. The fourth-order valence-corrected chi connectivity index (χ4v) is 6.60. The van der Waals surface area contributed by atoms with E-state index >= 15 is 0 Å². The monoisotopic (exact) mass is 595 g/mol. The van der Waals surface area contributed by atoms with Gasteiger partial charge < -0.3 is 14.4 Å². The summed E-state index contributed by atoms with van der Waals surface area (Å²) in [6.07, 6.45) is 1.28. The minimum Gasteiger partial charge on any atom is -0.496 e. The molecule has 1 atom stereocenters. The van der Waals surface area contributed by atoms with Crippen LogP contribution in [0, 0.1) is 0 Å². The molecular weight excluding hydrogens is 570 g/mol. The zero-order valence-corrected chi connectivity index (χ0v) is 23.8. The number of aromatic nitrogens is 1. The zero-order chi connectivity index (χ0) is 27.1. The maximum Gasteiger partial charge on any atom is 0.338 e. The number of hydrogen-bond donors (Lipinski definition) is 0. The van der Waals surface area contributed by atoms with Gasteiger partial charge >= 0.3 is 5.97 Å². The number of halogens is 1. The van der Waals surface area contributed by atoms with Crippen molar-refractivity contribution in [2.45, 2.75) is 32.7 Å². The van der Waals surface area contributed by atoms with Crippen LogP contribution in [0.1, 0.15) is 43.9 Å². The summed E-state index contributed by atoms with van der Waals surface area (Å²) in [6, 6.07) is 12.1. The number of allylic oxidation sites excluding steroid dienone is 1. The van der Waals surface area contributed by atoms with Gasteiger partial charge in [0.2, 0.25) is 0 Å². The van der Waals surface area contributed by atoms with Gasteiger partial charge in [0.25, 0.3) is 11.5 Å². The van der Waals surface area contributed by atoms with Crippen molar-refractivity contribution in [1.82, 2.24) is 4.57 Å². The van der Waals surface area contributed by atoms with Crippen LogP contribution in [0.15, 0.2) is 68.0 Å². The molecule has 3 aromatic rings. The predicted molar refractivity (Wildman–Crippen MR) is 149 cm³/mol. The number of ether oxygens (including phenoxy) is 2. The van der Waals surface area contributed by atoms with Gasteiger partial charge in [-0.2, -0.15) is 0 Å². The lowest BCUT2D eigenvalue weighted by atomic mass is 9.94. The van der Waals surface area contributed by atoms with Crippen LogP contribution in [0.5, 0.6) is 5.75 Å². The molecule has 0 saturated carbocycles. The number of hydrogen-bond acceptors (Lipinski definition) is 7. The standard InChI is InChI=1S/C28H26BrN3O5S/c1-5-9-18-22(27(35)37-6-2)23(15-12-13-20(36-4)17(29)14-15)32-26(34)24(38-28(32)30-18)21-16-10-7-8-11-19(16)31(3)25(21)33/h7-8,10-14,23H,5-6,9H2,1-4H3/b24-21-. The lowest BCUT2D eigenvalue weighted by Crippen LogP contribution is -2.41. The molecule has 0 saturated heterocycles. The SMILES string of the molecule is CCCC1=C(C(=O)OCC)C(c2ccc(OC)c(Br)c2)n2c(s/c(=C3\C(=O)N(C)c4ccccc43)c2=O)=N1. The maximum absolute atomic E-state index is 14.2. The third-order valence-corrected chi connectivity index (χ3v) is 8.31. The number of benzene rings is 2. The molecule has 3 heterocycles. The first kappa shape index (κ1) is 26.1. The molecule has 5 rings (SSSR count). The number of likely N-dealkylation sites (N-methyl/N-ethyl adjacent to an activating group) is 1. The molecule has 0 fully saturated rings. The van der Waals surface area contributed by atoms with Crippen LogP contribution in [0.3, 0.4) is 0 Å². The predicted octanol–water partition coefficient (Wildman–Crippen LogP) is 3.70. The fourth-order valence-electron chi connectivity index (χ4n) is 4.93. The summed E-state index contributed by atoms with van der Waals surface area (Å²) in [4.78, 5) is 47.6. The second-order valence-electron chi connectivity index (χ2n) is 8.88. The Morgan fingerprint density at radius 3 is 2.61 bits per heavy atom. The molecule has 1 aromatic heterocycles. The number of carbonyl (C=O) groups excluding carboxylic acids is 2. The minimum absolute atomic E-state index is 0.187. The third kappa shape index (κ3) is 4.12. The van der Waals surface area contributed by atoms with Crippen molar-refractivity contribution in [3.63, 3.8) is 0 Å². The first-order chi connectivity index (χ1) is 18.3. The molecule has 0 spiro atoms. The Labute approximate surface area is 231 Å². The van der Waals surface area contributed by atoms with Gasteiger partial charge in [-0.3, -0.25) is 14.2 Å². The number of anilines is 1. The van der Waals surface area contributed by atoms with Gasteiger partial charge in [0, 0.05) is 12.6 Å². The quantitative estimate of drug-likeness (QED) is 0.405. The molecule has 38 heavy (non-hydrogen) atoms. The van der Waals surface area contributed by atoms with Crippen LogP contribution in [-0.2, 0) is 14.3 Å². The van der Waals surface area contributed by atoms with E-state index in [9.17, 15) is 14.4 Å². The van der Waals surface area contributed by atoms with Gasteiger partial charge in [0.1, 0.15) is 10.3 Å². The molecule has 2 aliphatic rings. The first-order valence-electron chi connectivity index (χ1n) is 12.3. The average Bonchev–Trinajstić information content (AvgIpc) is 3.36. The number of nitrogens with zero attached hydrogens (tertiary/aromatic N) is 3. The van der Waals surface area contributed by atoms with Gasteiger partial charge in [-0.1, -0.05) is 48.9 Å². The largest absolute Gasteiger partial charge is 0.496 e. The molecular formula is C28H26BrN3O5S. The number of amides is 1. The molecule has 0 N–H and O–H groups in total. The molecule has 0 aliphatic carbocycles. The molecule has 2 aromatic carbocycles. The molecule has 1 amide bonds. The number of fused-ring (bicyclic) bond motifs is 2. The molecule has 8 nitrogen and oxygen atoms in total. The van der Waals surface area contributed by atoms with E-state index in [-0.39, 0.29) is 18.1 Å². The average molecular weight is 597 g/mol. The lowest BCUT2D eigenvalue weighted by molar-refractivity contribution is -0.139. The van der Waals surface area contributed by atoms with E-state index in [1.54, 1.807) is 32.0 Å². The molecule has 2 aliphatic heterocycles. The number of carbonyl (C=O) groups is 2. The van der Waals surface area contributed by atoms with E-state index in [0.29, 0.717) is 53.9 Å². The van der Waals surface area contributed by atoms with Gasteiger partial charge in [0.15, 0.2) is 4.80 Å². The van der Waals surface area contributed by atoms with E-state index in [0.717, 1.165) is 12.1 Å². The van der Waals surface area contributed by atoms with Crippen molar-refractivity contribution in [3.05, 3.63) is 89.0 Å². The van der Waals surface area contributed by atoms with Gasteiger partial charge in [-0.25, -0.2) is 9.79 Å². The van der Waals surface area contributed by atoms with Crippen LogP contribution in [0.2, 0.25) is 0 Å². The Kier molecular flexibility index (Phi) is 7.11. The van der Waals surface area contributed by atoms with Crippen LogP contribution in [0.4, 0.5) is 5.69 Å². The number of rotatable bonds is 6.